The SMILES string of the molecule is Cc1ccc(NC(=O)c2ccnc(C(=O)Nc3cccc(C)c3)c2)cc1. The molecule has 0 fully saturated rings. The van der Waals surface area contributed by atoms with E-state index in [0.717, 1.165) is 11.1 Å². The van der Waals surface area contributed by atoms with Crippen LogP contribution in [0.1, 0.15) is 32.0 Å². The molecule has 3 aromatic rings. The maximum absolute atomic E-state index is 12.4. The first kappa shape index (κ1) is 17.4. The van der Waals surface area contributed by atoms with Crippen molar-refractivity contribution in [3.63, 3.8) is 0 Å². The third-order valence-corrected chi connectivity index (χ3v) is 3.84. The molecule has 0 unspecified atom stereocenters. The maximum atomic E-state index is 12.4. The second-order valence-electron chi connectivity index (χ2n) is 6.07. The Morgan fingerprint density at radius 3 is 2.23 bits per heavy atom. The van der Waals surface area contributed by atoms with Crippen molar-refractivity contribution in [2.45, 2.75) is 13.8 Å². The van der Waals surface area contributed by atoms with E-state index in [1.165, 1.54) is 12.3 Å². The van der Waals surface area contributed by atoms with Gasteiger partial charge in [-0.15, -0.1) is 0 Å². The minimum Gasteiger partial charge on any atom is -0.322 e. The summed E-state index contributed by atoms with van der Waals surface area (Å²) in [6.45, 7) is 3.93. The van der Waals surface area contributed by atoms with Gasteiger partial charge in [-0.3, -0.25) is 14.6 Å². The van der Waals surface area contributed by atoms with Crippen LogP contribution in [0.4, 0.5) is 11.4 Å². The number of amides is 2. The van der Waals surface area contributed by atoms with Crippen LogP contribution >= 0.6 is 0 Å². The quantitative estimate of drug-likeness (QED) is 0.744. The van der Waals surface area contributed by atoms with Gasteiger partial charge < -0.3 is 10.6 Å². The van der Waals surface area contributed by atoms with Gasteiger partial charge in [-0.25, -0.2) is 0 Å². The van der Waals surface area contributed by atoms with E-state index < -0.39 is 0 Å². The predicted octanol–water partition coefficient (Wildman–Crippen LogP) is 4.20. The molecule has 3 rings (SSSR count). The second-order valence-corrected chi connectivity index (χ2v) is 6.07. The van der Waals surface area contributed by atoms with Gasteiger partial charge in [0.2, 0.25) is 0 Å². The minimum atomic E-state index is -0.361. The number of rotatable bonds is 4. The molecule has 2 N–H and O–H groups in total. The van der Waals surface area contributed by atoms with Crippen LogP contribution in [-0.4, -0.2) is 16.8 Å². The summed E-state index contributed by atoms with van der Waals surface area (Å²) < 4.78 is 0. The fourth-order valence-electron chi connectivity index (χ4n) is 2.45. The highest BCUT2D eigenvalue weighted by atomic mass is 16.2. The monoisotopic (exact) mass is 345 g/mol. The third-order valence-electron chi connectivity index (χ3n) is 3.84. The van der Waals surface area contributed by atoms with Crippen molar-refractivity contribution >= 4 is 23.2 Å². The summed E-state index contributed by atoms with van der Waals surface area (Å²) in [6.07, 6.45) is 1.45. The average molecular weight is 345 g/mol. The summed E-state index contributed by atoms with van der Waals surface area (Å²) in [7, 11) is 0. The molecule has 5 nitrogen and oxygen atoms in total. The lowest BCUT2D eigenvalue weighted by atomic mass is 10.2. The molecule has 0 aliphatic carbocycles. The Balaban J connectivity index is 1.73. The first-order chi connectivity index (χ1) is 12.5. The Labute approximate surface area is 152 Å². The number of anilines is 2. The number of pyridine rings is 1. The Hall–Kier alpha value is -3.47. The highest BCUT2D eigenvalue weighted by molar-refractivity contribution is 6.07. The summed E-state index contributed by atoms with van der Waals surface area (Å²) >= 11 is 0. The standard InChI is InChI=1S/C21H19N3O2/c1-14-6-8-17(9-7-14)23-20(25)16-10-11-22-19(13-16)21(26)24-18-5-3-4-15(2)12-18/h3-13H,1-2H3,(H,23,25)(H,24,26). The molecule has 0 saturated heterocycles. The number of nitrogens with one attached hydrogen (secondary N) is 2. The molecule has 26 heavy (non-hydrogen) atoms. The van der Waals surface area contributed by atoms with Gasteiger partial charge in [0, 0.05) is 23.1 Å². The smallest absolute Gasteiger partial charge is 0.274 e. The fourth-order valence-corrected chi connectivity index (χ4v) is 2.45. The Kier molecular flexibility index (Phi) is 5.08. The zero-order valence-corrected chi connectivity index (χ0v) is 14.6. The van der Waals surface area contributed by atoms with Crippen molar-refractivity contribution < 1.29 is 9.59 Å². The van der Waals surface area contributed by atoms with Crippen molar-refractivity contribution in [2.75, 3.05) is 10.6 Å². The van der Waals surface area contributed by atoms with E-state index in [-0.39, 0.29) is 17.5 Å². The van der Waals surface area contributed by atoms with Crippen LogP contribution in [0.5, 0.6) is 0 Å². The van der Waals surface area contributed by atoms with Crippen LogP contribution in [0, 0.1) is 13.8 Å². The normalized spacial score (nSPS) is 10.2. The van der Waals surface area contributed by atoms with Crippen molar-refractivity contribution in [3.8, 4) is 0 Å². The van der Waals surface area contributed by atoms with Crippen molar-refractivity contribution in [2.24, 2.45) is 0 Å². The lowest BCUT2D eigenvalue weighted by Gasteiger charge is -2.08. The van der Waals surface area contributed by atoms with Crippen LogP contribution in [0.3, 0.4) is 0 Å². The second kappa shape index (κ2) is 7.61. The molecule has 1 aromatic heterocycles. The topological polar surface area (TPSA) is 71.1 Å². The first-order valence-corrected chi connectivity index (χ1v) is 8.23. The number of nitrogens with zero attached hydrogens (tertiary/aromatic N) is 1. The van der Waals surface area contributed by atoms with Crippen LogP contribution in [-0.2, 0) is 0 Å². The van der Waals surface area contributed by atoms with Gasteiger partial charge in [-0.1, -0.05) is 29.8 Å². The van der Waals surface area contributed by atoms with E-state index in [0.29, 0.717) is 16.9 Å². The van der Waals surface area contributed by atoms with E-state index in [1.54, 1.807) is 12.1 Å². The predicted molar refractivity (Wildman–Crippen MR) is 103 cm³/mol. The minimum absolute atomic E-state index is 0.183. The molecular formula is C21H19N3O2. The Morgan fingerprint density at radius 2 is 1.50 bits per heavy atom. The number of carbonyl (C=O) groups is 2. The molecule has 0 aliphatic heterocycles. The van der Waals surface area contributed by atoms with E-state index >= 15 is 0 Å². The molecule has 5 heteroatoms. The Morgan fingerprint density at radius 1 is 0.769 bits per heavy atom. The van der Waals surface area contributed by atoms with Crippen molar-refractivity contribution in [1.82, 2.24) is 4.98 Å². The van der Waals surface area contributed by atoms with Crippen LogP contribution in [0.15, 0.2) is 66.9 Å². The molecule has 2 aromatic carbocycles. The van der Waals surface area contributed by atoms with Gasteiger partial charge in [0.05, 0.1) is 0 Å². The molecular weight excluding hydrogens is 326 g/mol. The zero-order chi connectivity index (χ0) is 18.5. The third kappa shape index (κ3) is 4.33. The fraction of sp³-hybridized carbons (Fsp3) is 0.0952. The van der Waals surface area contributed by atoms with Crippen LogP contribution in [0.2, 0.25) is 0 Å². The summed E-state index contributed by atoms with van der Waals surface area (Å²) in [4.78, 5) is 28.9. The van der Waals surface area contributed by atoms with Gasteiger partial charge in [-0.2, -0.15) is 0 Å². The van der Waals surface area contributed by atoms with Crippen LogP contribution < -0.4 is 10.6 Å². The van der Waals surface area contributed by atoms with Gasteiger partial charge in [0.25, 0.3) is 11.8 Å². The number of aromatic nitrogens is 1. The lowest BCUT2D eigenvalue weighted by molar-refractivity contribution is 0.102. The molecule has 0 saturated carbocycles. The largest absolute Gasteiger partial charge is 0.322 e. The summed E-state index contributed by atoms with van der Waals surface area (Å²) in [6, 6.07) is 18.0. The van der Waals surface area contributed by atoms with E-state index in [2.05, 4.69) is 15.6 Å². The van der Waals surface area contributed by atoms with E-state index in [9.17, 15) is 9.59 Å². The van der Waals surface area contributed by atoms with E-state index in [4.69, 9.17) is 0 Å². The number of benzene rings is 2. The Bertz CT molecular complexity index is 949. The van der Waals surface area contributed by atoms with Crippen LogP contribution in [0.25, 0.3) is 0 Å². The number of hydrogen-bond donors (Lipinski definition) is 2. The average Bonchev–Trinajstić information content (AvgIpc) is 2.64. The molecule has 2 amide bonds. The zero-order valence-electron chi connectivity index (χ0n) is 14.6. The van der Waals surface area contributed by atoms with Crippen molar-refractivity contribution in [1.29, 1.82) is 0 Å². The molecule has 0 bridgehead atoms. The van der Waals surface area contributed by atoms with Gasteiger partial charge in [0.1, 0.15) is 5.69 Å². The highest BCUT2D eigenvalue weighted by Gasteiger charge is 2.12. The lowest BCUT2D eigenvalue weighted by Crippen LogP contribution is -2.17. The number of aryl methyl sites for hydroxylation is 2. The summed E-state index contributed by atoms with van der Waals surface area (Å²) in [5.74, 6) is -0.651. The highest BCUT2D eigenvalue weighted by Crippen LogP contribution is 2.13. The molecule has 0 spiro atoms. The maximum Gasteiger partial charge on any atom is 0.274 e. The van der Waals surface area contributed by atoms with Crippen molar-refractivity contribution in [3.05, 3.63) is 89.2 Å². The first-order valence-electron chi connectivity index (χ1n) is 8.23. The van der Waals surface area contributed by atoms with E-state index in [1.807, 2.05) is 56.3 Å². The molecule has 0 atom stereocenters. The van der Waals surface area contributed by atoms with Gasteiger partial charge in [-0.05, 0) is 55.8 Å². The molecule has 0 aliphatic rings. The number of carbonyl (C=O) groups excluding carboxylic acids is 2. The van der Waals surface area contributed by atoms with Gasteiger partial charge in [0.15, 0.2) is 0 Å². The summed E-state index contributed by atoms with van der Waals surface area (Å²) in [5.41, 5.74) is 4.09. The van der Waals surface area contributed by atoms with Gasteiger partial charge >= 0.3 is 0 Å². The molecule has 130 valence electrons. The summed E-state index contributed by atoms with van der Waals surface area (Å²) in [5, 5.41) is 5.60. The number of hydrogen-bond acceptors (Lipinski definition) is 3. The molecule has 1 heterocycles. The molecule has 0 radical (unpaired) electrons.